The number of nitrogens with two attached hydrogens (primary N) is 1. The number of hydrogen-bond acceptors (Lipinski definition) is 4. The lowest BCUT2D eigenvalue weighted by molar-refractivity contribution is 0.125. The zero-order valence-electron chi connectivity index (χ0n) is 17.6. The summed E-state index contributed by atoms with van der Waals surface area (Å²) >= 11 is 6.23. The Bertz CT molecular complexity index is 865. The van der Waals surface area contributed by atoms with E-state index in [2.05, 4.69) is 34.4 Å². The van der Waals surface area contributed by atoms with Crippen molar-refractivity contribution in [2.45, 2.75) is 18.9 Å². The monoisotopic (exact) mass is 544 g/mol. The molecule has 2 unspecified atom stereocenters. The van der Waals surface area contributed by atoms with Crippen molar-refractivity contribution in [3.05, 3.63) is 53.1 Å². The molecule has 1 aliphatic rings. The number of anilines is 1. The number of likely N-dealkylation sites (tertiary alicyclic amines) is 1. The molecule has 3 rings (SSSR count). The molecule has 1 aliphatic heterocycles. The van der Waals surface area contributed by atoms with Crippen LogP contribution in [-0.4, -0.2) is 45.2 Å². The van der Waals surface area contributed by atoms with Crippen molar-refractivity contribution < 1.29 is 9.47 Å². The highest BCUT2D eigenvalue weighted by Gasteiger charge is 2.30. The van der Waals surface area contributed by atoms with E-state index in [4.69, 9.17) is 26.8 Å². The van der Waals surface area contributed by atoms with E-state index in [9.17, 15) is 0 Å². The van der Waals surface area contributed by atoms with Crippen LogP contribution in [0.2, 0.25) is 5.02 Å². The maximum atomic E-state index is 6.23. The zero-order chi connectivity index (χ0) is 20.8. The summed E-state index contributed by atoms with van der Waals surface area (Å²) < 4.78 is 10.6. The van der Waals surface area contributed by atoms with E-state index in [1.807, 2.05) is 30.3 Å². The number of guanidine groups is 1. The maximum Gasteiger partial charge on any atom is 0.193 e. The van der Waals surface area contributed by atoms with Gasteiger partial charge in [0.1, 0.15) is 0 Å². The largest absolute Gasteiger partial charge is 0.493 e. The third-order valence-electron chi connectivity index (χ3n) is 5.35. The Morgan fingerprint density at radius 1 is 1.20 bits per heavy atom. The molecule has 2 aromatic rings. The Morgan fingerprint density at radius 3 is 2.67 bits per heavy atom. The van der Waals surface area contributed by atoms with Crippen molar-refractivity contribution in [1.29, 1.82) is 0 Å². The molecular weight excluding hydrogens is 515 g/mol. The van der Waals surface area contributed by atoms with Gasteiger partial charge < -0.3 is 20.5 Å². The molecule has 1 fully saturated rings. The minimum atomic E-state index is 0. The van der Waals surface area contributed by atoms with Gasteiger partial charge in [-0.05, 0) is 62.2 Å². The molecule has 8 heteroatoms. The Morgan fingerprint density at radius 2 is 1.97 bits per heavy atom. The van der Waals surface area contributed by atoms with Crippen LogP contribution in [-0.2, 0) is 0 Å². The molecule has 0 aromatic heterocycles. The highest BCUT2D eigenvalue weighted by molar-refractivity contribution is 14.0. The number of rotatable bonds is 6. The van der Waals surface area contributed by atoms with Crippen LogP contribution in [0.5, 0.6) is 11.5 Å². The normalized spacial score (nSPS) is 19.7. The molecule has 164 valence electrons. The molecule has 0 radical (unpaired) electrons. The average Bonchev–Trinajstić information content (AvgIpc) is 2.72. The standard InChI is InChI=1S/C22H29ClN4O2.HI/c1-27-11-5-7-16(21(27)15-6-4-8-17(23)12-15)14-25-22(24)26-18-9-10-19(28-2)20(13-18)29-3;/h4,6,8-10,12-13,16,21H,5,7,11,14H2,1-3H3,(H3,24,25,26);1H. The number of ether oxygens (including phenoxy) is 2. The summed E-state index contributed by atoms with van der Waals surface area (Å²) in [6, 6.07) is 13.9. The molecule has 0 spiro atoms. The van der Waals surface area contributed by atoms with Gasteiger partial charge >= 0.3 is 0 Å². The number of aliphatic imine (C=N–C) groups is 1. The second-order valence-electron chi connectivity index (χ2n) is 7.30. The number of hydrogen-bond donors (Lipinski definition) is 2. The van der Waals surface area contributed by atoms with Gasteiger partial charge in [-0.15, -0.1) is 24.0 Å². The van der Waals surface area contributed by atoms with Crippen molar-refractivity contribution in [3.63, 3.8) is 0 Å². The molecular formula is C22H30ClIN4O2. The Balaban J connectivity index is 0.00000320. The van der Waals surface area contributed by atoms with Gasteiger partial charge in [0.15, 0.2) is 17.5 Å². The zero-order valence-corrected chi connectivity index (χ0v) is 20.7. The molecule has 3 N–H and O–H groups in total. The van der Waals surface area contributed by atoms with E-state index < -0.39 is 0 Å². The molecule has 1 heterocycles. The first-order chi connectivity index (χ1) is 14.0. The number of nitrogens with zero attached hydrogens (tertiary/aromatic N) is 2. The van der Waals surface area contributed by atoms with Crippen LogP contribution in [0.15, 0.2) is 47.5 Å². The first-order valence-electron chi connectivity index (χ1n) is 9.76. The lowest BCUT2D eigenvalue weighted by Gasteiger charge is -2.39. The highest BCUT2D eigenvalue weighted by Crippen LogP contribution is 2.36. The molecule has 0 bridgehead atoms. The van der Waals surface area contributed by atoms with Crippen LogP contribution in [0.1, 0.15) is 24.4 Å². The third-order valence-corrected chi connectivity index (χ3v) is 5.58. The van der Waals surface area contributed by atoms with E-state index in [-0.39, 0.29) is 30.0 Å². The van der Waals surface area contributed by atoms with Crippen molar-refractivity contribution in [2.75, 3.05) is 39.7 Å². The van der Waals surface area contributed by atoms with Gasteiger partial charge in [-0.2, -0.15) is 0 Å². The lowest BCUT2D eigenvalue weighted by atomic mass is 9.85. The summed E-state index contributed by atoms with van der Waals surface area (Å²) in [5.74, 6) is 2.07. The van der Waals surface area contributed by atoms with E-state index in [1.54, 1.807) is 14.2 Å². The van der Waals surface area contributed by atoms with E-state index in [0.29, 0.717) is 29.9 Å². The van der Waals surface area contributed by atoms with Crippen LogP contribution in [0, 0.1) is 5.92 Å². The summed E-state index contributed by atoms with van der Waals surface area (Å²) in [4.78, 5) is 7.01. The Labute approximate surface area is 200 Å². The number of halogens is 2. The third kappa shape index (κ3) is 6.15. The second-order valence-corrected chi connectivity index (χ2v) is 7.74. The van der Waals surface area contributed by atoms with Crippen LogP contribution < -0.4 is 20.5 Å². The maximum absolute atomic E-state index is 6.23. The molecule has 0 saturated carbocycles. The van der Waals surface area contributed by atoms with Gasteiger partial charge in [0, 0.05) is 29.4 Å². The van der Waals surface area contributed by atoms with Gasteiger partial charge in [0.25, 0.3) is 0 Å². The molecule has 1 saturated heterocycles. The number of benzene rings is 2. The van der Waals surface area contributed by atoms with E-state index in [1.165, 1.54) is 5.56 Å². The Kier molecular flexibility index (Phi) is 9.51. The van der Waals surface area contributed by atoms with Gasteiger partial charge in [0.2, 0.25) is 0 Å². The molecule has 0 aliphatic carbocycles. The predicted octanol–water partition coefficient (Wildman–Crippen LogP) is 4.78. The summed E-state index contributed by atoms with van der Waals surface area (Å²) in [5.41, 5.74) is 8.19. The average molecular weight is 545 g/mol. The fraction of sp³-hybridized carbons (Fsp3) is 0.409. The van der Waals surface area contributed by atoms with E-state index in [0.717, 1.165) is 30.1 Å². The number of nitrogens with one attached hydrogen (secondary N) is 1. The van der Waals surface area contributed by atoms with Gasteiger partial charge in [-0.1, -0.05) is 23.7 Å². The fourth-order valence-corrected chi connectivity index (χ4v) is 4.18. The minimum Gasteiger partial charge on any atom is -0.493 e. The number of methoxy groups -OCH3 is 2. The smallest absolute Gasteiger partial charge is 0.193 e. The topological polar surface area (TPSA) is 72.1 Å². The molecule has 0 amide bonds. The highest BCUT2D eigenvalue weighted by atomic mass is 127. The summed E-state index contributed by atoms with van der Waals surface area (Å²) in [7, 11) is 5.37. The van der Waals surface area contributed by atoms with Gasteiger partial charge in [-0.25, -0.2) is 0 Å². The molecule has 2 atom stereocenters. The Hall–Kier alpha value is -1.71. The SMILES string of the molecule is COc1ccc(NC(N)=NCC2CCCN(C)C2c2cccc(Cl)c2)cc1OC.I. The molecule has 30 heavy (non-hydrogen) atoms. The van der Waals surface area contributed by atoms with Crippen molar-refractivity contribution in [2.24, 2.45) is 16.6 Å². The van der Waals surface area contributed by atoms with Crippen LogP contribution in [0.4, 0.5) is 5.69 Å². The molecule has 6 nitrogen and oxygen atoms in total. The first kappa shape index (κ1) is 24.6. The van der Waals surface area contributed by atoms with Crippen LogP contribution in [0.3, 0.4) is 0 Å². The van der Waals surface area contributed by atoms with Crippen LogP contribution >= 0.6 is 35.6 Å². The fourth-order valence-electron chi connectivity index (χ4n) is 3.99. The van der Waals surface area contributed by atoms with Crippen molar-refractivity contribution in [3.8, 4) is 11.5 Å². The summed E-state index contributed by atoms with van der Waals surface area (Å²) in [5, 5.41) is 3.90. The number of piperidine rings is 1. The summed E-state index contributed by atoms with van der Waals surface area (Å²) in [6.45, 7) is 1.71. The van der Waals surface area contributed by atoms with Crippen LogP contribution in [0.25, 0.3) is 0 Å². The second kappa shape index (κ2) is 11.6. The summed E-state index contributed by atoms with van der Waals surface area (Å²) in [6.07, 6.45) is 2.26. The lowest BCUT2D eigenvalue weighted by Crippen LogP contribution is -2.38. The quantitative estimate of drug-likeness (QED) is 0.311. The van der Waals surface area contributed by atoms with Gasteiger partial charge in [-0.3, -0.25) is 9.89 Å². The predicted molar refractivity (Wildman–Crippen MR) is 135 cm³/mol. The van der Waals surface area contributed by atoms with E-state index >= 15 is 0 Å². The van der Waals surface area contributed by atoms with Gasteiger partial charge in [0.05, 0.1) is 14.2 Å². The molecule has 2 aromatic carbocycles. The van der Waals surface area contributed by atoms with Crippen molar-refractivity contribution in [1.82, 2.24) is 4.90 Å². The first-order valence-corrected chi connectivity index (χ1v) is 10.1. The van der Waals surface area contributed by atoms with Crippen molar-refractivity contribution >= 4 is 47.2 Å². The minimum absolute atomic E-state index is 0.